The van der Waals surface area contributed by atoms with Gasteiger partial charge >= 0.3 is 10.4 Å². The van der Waals surface area contributed by atoms with Gasteiger partial charge in [0.25, 0.3) is 0 Å². The van der Waals surface area contributed by atoms with E-state index >= 15 is 0 Å². The Morgan fingerprint density at radius 2 is 1.69 bits per heavy atom. The highest BCUT2D eigenvalue weighted by Crippen LogP contribution is 2.06. The zero-order chi connectivity index (χ0) is 12.4. The van der Waals surface area contributed by atoms with Crippen molar-refractivity contribution in [3.05, 3.63) is 0 Å². The van der Waals surface area contributed by atoms with Crippen molar-refractivity contribution in [2.24, 2.45) is 0 Å². The molecule has 0 saturated carbocycles. The fourth-order valence-electron chi connectivity index (χ4n) is 1.13. The van der Waals surface area contributed by atoms with Crippen LogP contribution >= 0.6 is 0 Å². The van der Waals surface area contributed by atoms with E-state index in [1.807, 2.05) is 0 Å². The fourth-order valence-corrected chi connectivity index (χ4v) is 2.15. The molecule has 0 aromatic carbocycles. The summed E-state index contributed by atoms with van der Waals surface area (Å²) >= 11 is -3.11. The highest BCUT2D eigenvalue weighted by molar-refractivity contribution is 7.92. The van der Waals surface area contributed by atoms with Crippen LogP contribution in [0.15, 0.2) is 0 Å². The summed E-state index contributed by atoms with van der Waals surface area (Å²) in [5.41, 5.74) is 0. The lowest BCUT2D eigenvalue weighted by atomic mass is 10.1. The summed E-state index contributed by atoms with van der Waals surface area (Å²) in [6, 6.07) is 0. The first-order chi connectivity index (χ1) is 7.48. The Balaban J connectivity index is 3.47. The maximum Gasteiger partial charge on any atom is 0.412 e. The topological polar surface area (TPSA) is 92.7 Å². The molecular formula is C8H17O6S2-. The van der Waals surface area contributed by atoms with Crippen molar-refractivity contribution in [3.63, 3.8) is 0 Å². The van der Waals surface area contributed by atoms with Gasteiger partial charge in [0.1, 0.15) is 11.4 Å². The van der Waals surface area contributed by atoms with Crippen molar-refractivity contribution in [2.75, 3.05) is 6.61 Å². The number of hydrogen-bond donors (Lipinski definition) is 0. The molecule has 0 aliphatic rings. The Bertz CT molecular complexity index is 287. The van der Waals surface area contributed by atoms with Crippen LogP contribution in [0.25, 0.3) is 0 Å². The van der Waals surface area contributed by atoms with Crippen LogP contribution in [0.5, 0.6) is 0 Å². The van der Waals surface area contributed by atoms with Crippen LogP contribution in [0.4, 0.5) is 0 Å². The molecule has 0 bridgehead atoms. The predicted octanol–water partition coefficient (Wildman–Crippen LogP) is 1.42. The lowest BCUT2D eigenvalue weighted by Gasteiger charge is -2.06. The first-order valence-electron chi connectivity index (χ1n) is 5.16. The van der Waals surface area contributed by atoms with Crippen LogP contribution in [0, 0.1) is 0 Å². The predicted molar refractivity (Wildman–Crippen MR) is 58.3 cm³/mol. The molecule has 0 aliphatic heterocycles. The zero-order valence-electron chi connectivity index (χ0n) is 9.22. The summed E-state index contributed by atoms with van der Waals surface area (Å²) in [5, 5.41) is 0. The largest absolute Gasteiger partial charge is 0.749 e. The van der Waals surface area contributed by atoms with E-state index in [0.717, 1.165) is 32.1 Å². The Kier molecular flexibility index (Phi) is 9.04. The molecule has 98 valence electrons. The van der Waals surface area contributed by atoms with Crippen LogP contribution < -0.4 is 0 Å². The third-order valence-corrected chi connectivity index (χ3v) is 3.43. The first kappa shape index (κ1) is 16.0. The van der Waals surface area contributed by atoms with Crippen molar-refractivity contribution in [1.82, 2.24) is 0 Å². The van der Waals surface area contributed by atoms with E-state index < -0.39 is 21.8 Å². The SMILES string of the molecule is CCCCCCCCOS(=O)(=O)OS(=O)[O-]. The lowest BCUT2D eigenvalue weighted by Crippen LogP contribution is -2.12. The molecule has 0 fully saturated rings. The summed E-state index contributed by atoms with van der Waals surface area (Å²) in [7, 11) is -4.39. The van der Waals surface area contributed by atoms with Crippen LogP contribution in [0.1, 0.15) is 45.4 Å². The average molecular weight is 273 g/mol. The fraction of sp³-hybridized carbons (Fsp3) is 1.00. The van der Waals surface area contributed by atoms with Crippen LogP contribution in [0.2, 0.25) is 0 Å². The molecule has 6 nitrogen and oxygen atoms in total. The molecule has 0 rings (SSSR count). The van der Waals surface area contributed by atoms with Gasteiger partial charge in [0.2, 0.25) is 0 Å². The van der Waals surface area contributed by atoms with E-state index in [0.29, 0.717) is 6.42 Å². The molecule has 0 heterocycles. The Morgan fingerprint density at radius 3 is 2.25 bits per heavy atom. The molecule has 1 unspecified atom stereocenters. The van der Waals surface area contributed by atoms with Gasteiger partial charge in [-0.1, -0.05) is 39.0 Å². The van der Waals surface area contributed by atoms with Crippen LogP contribution in [0.3, 0.4) is 0 Å². The molecule has 0 radical (unpaired) electrons. The third kappa shape index (κ3) is 10.5. The summed E-state index contributed by atoms with van der Waals surface area (Å²) in [6.45, 7) is 2.06. The molecular weight excluding hydrogens is 256 g/mol. The minimum Gasteiger partial charge on any atom is -0.749 e. The molecule has 1 atom stereocenters. The Hall–Kier alpha value is -0.0200. The van der Waals surface area contributed by atoms with E-state index in [-0.39, 0.29) is 6.61 Å². The lowest BCUT2D eigenvalue weighted by molar-refractivity contribution is 0.264. The van der Waals surface area contributed by atoms with Crippen molar-refractivity contribution < 1.29 is 25.0 Å². The quantitative estimate of drug-likeness (QED) is 0.441. The van der Waals surface area contributed by atoms with Crippen molar-refractivity contribution in [3.8, 4) is 0 Å². The van der Waals surface area contributed by atoms with Crippen molar-refractivity contribution in [2.45, 2.75) is 45.4 Å². The second-order valence-electron chi connectivity index (χ2n) is 3.27. The highest BCUT2D eigenvalue weighted by Gasteiger charge is 2.11. The van der Waals surface area contributed by atoms with Crippen LogP contribution in [-0.2, 0) is 29.6 Å². The molecule has 0 saturated heterocycles. The minimum atomic E-state index is -4.39. The van der Waals surface area contributed by atoms with Crippen LogP contribution in [-0.4, -0.2) is 23.8 Å². The maximum absolute atomic E-state index is 10.7. The van der Waals surface area contributed by atoms with E-state index in [2.05, 4.69) is 14.7 Å². The molecule has 0 aromatic heterocycles. The van der Waals surface area contributed by atoms with E-state index in [1.165, 1.54) is 0 Å². The molecule has 0 aromatic rings. The third-order valence-electron chi connectivity index (χ3n) is 1.86. The summed E-state index contributed by atoms with van der Waals surface area (Å²) < 4.78 is 49.2. The number of rotatable bonds is 10. The monoisotopic (exact) mass is 273 g/mol. The van der Waals surface area contributed by atoms with E-state index in [4.69, 9.17) is 0 Å². The summed E-state index contributed by atoms with van der Waals surface area (Å²) in [5.74, 6) is 0. The van der Waals surface area contributed by atoms with Gasteiger partial charge in [-0.25, -0.2) is 8.39 Å². The van der Waals surface area contributed by atoms with E-state index in [1.54, 1.807) is 0 Å². The molecule has 0 N–H and O–H groups in total. The molecule has 0 aliphatic carbocycles. The van der Waals surface area contributed by atoms with Gasteiger partial charge in [0.05, 0.1) is 6.61 Å². The maximum atomic E-state index is 10.7. The molecule has 16 heavy (non-hydrogen) atoms. The van der Waals surface area contributed by atoms with Gasteiger partial charge in [-0.3, -0.25) is 0 Å². The van der Waals surface area contributed by atoms with Crippen molar-refractivity contribution >= 4 is 21.8 Å². The standard InChI is InChI=1S/C8H18O6S2/c1-2-3-4-5-6-7-8-13-16(11,12)14-15(9)10/h2-8H2,1H3,(H,9,10)/p-1. The molecule has 0 spiro atoms. The summed E-state index contributed by atoms with van der Waals surface area (Å²) in [6.07, 6.45) is 5.87. The van der Waals surface area contributed by atoms with Gasteiger partial charge < -0.3 is 4.55 Å². The smallest absolute Gasteiger partial charge is 0.412 e. The number of unbranched alkanes of at least 4 members (excludes halogenated alkanes) is 5. The second-order valence-corrected chi connectivity index (χ2v) is 5.27. The van der Waals surface area contributed by atoms with Gasteiger partial charge in [-0.15, -0.1) is 0 Å². The van der Waals surface area contributed by atoms with Gasteiger partial charge in [-0.2, -0.15) is 12.0 Å². The number of hydrogen-bond acceptors (Lipinski definition) is 6. The van der Waals surface area contributed by atoms with Gasteiger partial charge in [0.15, 0.2) is 0 Å². The zero-order valence-corrected chi connectivity index (χ0v) is 10.8. The van der Waals surface area contributed by atoms with Gasteiger partial charge in [-0.05, 0) is 6.42 Å². The average Bonchev–Trinajstić information content (AvgIpc) is 2.14. The Labute approximate surface area is 99.2 Å². The highest BCUT2D eigenvalue weighted by atomic mass is 32.3. The minimum absolute atomic E-state index is 0.0499. The first-order valence-corrected chi connectivity index (χ1v) is 7.50. The summed E-state index contributed by atoms with van der Waals surface area (Å²) in [4.78, 5) is 0. The molecule has 0 amide bonds. The second kappa shape index (κ2) is 9.06. The van der Waals surface area contributed by atoms with Crippen molar-refractivity contribution in [1.29, 1.82) is 0 Å². The normalized spacial score (nSPS) is 13.9. The molecule has 8 heteroatoms. The van der Waals surface area contributed by atoms with Gasteiger partial charge in [0, 0.05) is 0 Å². The Morgan fingerprint density at radius 1 is 1.12 bits per heavy atom. The van der Waals surface area contributed by atoms with E-state index in [9.17, 15) is 17.2 Å².